The first-order valence-electron chi connectivity index (χ1n) is 7.85. The van der Waals surface area contributed by atoms with E-state index in [9.17, 15) is 9.90 Å². The number of hydrogen-bond donors (Lipinski definition) is 1. The molecule has 2 atom stereocenters. The summed E-state index contributed by atoms with van der Waals surface area (Å²) in [5, 5.41) is 14.6. The van der Waals surface area contributed by atoms with Gasteiger partial charge in [-0.3, -0.25) is 4.79 Å². The minimum Gasteiger partial charge on any atom is -0.393 e. The quantitative estimate of drug-likeness (QED) is 0.936. The van der Waals surface area contributed by atoms with E-state index in [1.165, 1.54) is 0 Å². The lowest BCUT2D eigenvalue weighted by Gasteiger charge is -2.24. The van der Waals surface area contributed by atoms with Crippen molar-refractivity contribution in [1.29, 1.82) is 0 Å². The van der Waals surface area contributed by atoms with Crippen LogP contribution in [0.4, 0.5) is 0 Å². The molecule has 1 aromatic carbocycles. The lowest BCUT2D eigenvalue weighted by atomic mass is 10.1. The Kier molecular flexibility index (Phi) is 4.68. The second-order valence-electron chi connectivity index (χ2n) is 6.00. The Morgan fingerprint density at radius 2 is 2.30 bits per heavy atom. The molecular formula is C17H20ClN3O2. The van der Waals surface area contributed by atoms with Crippen LogP contribution < -0.4 is 0 Å². The first-order chi connectivity index (χ1) is 11.0. The molecular weight excluding hydrogens is 314 g/mol. The third kappa shape index (κ3) is 3.57. The summed E-state index contributed by atoms with van der Waals surface area (Å²) in [4.78, 5) is 14.5. The first-order valence-corrected chi connectivity index (χ1v) is 8.23. The van der Waals surface area contributed by atoms with Gasteiger partial charge in [0, 0.05) is 23.8 Å². The van der Waals surface area contributed by atoms with E-state index in [4.69, 9.17) is 11.6 Å². The summed E-state index contributed by atoms with van der Waals surface area (Å²) < 4.78 is 1.65. The lowest BCUT2D eigenvalue weighted by molar-refractivity contribution is 0.0676. The molecule has 0 saturated carbocycles. The molecule has 5 nitrogen and oxygen atoms in total. The Morgan fingerprint density at radius 3 is 3.04 bits per heavy atom. The Morgan fingerprint density at radius 1 is 1.48 bits per heavy atom. The fourth-order valence-electron chi connectivity index (χ4n) is 3.09. The smallest absolute Gasteiger partial charge is 0.274 e. The third-order valence-corrected chi connectivity index (χ3v) is 4.37. The van der Waals surface area contributed by atoms with Crippen LogP contribution in [0, 0.1) is 0 Å². The highest BCUT2D eigenvalue weighted by molar-refractivity contribution is 6.30. The number of aliphatic hydroxyl groups is 1. The number of carbonyl (C=O) groups excluding carboxylic acids is 1. The molecule has 0 spiro atoms. The fourth-order valence-corrected chi connectivity index (χ4v) is 3.27. The van der Waals surface area contributed by atoms with Gasteiger partial charge in [0.1, 0.15) is 0 Å². The van der Waals surface area contributed by atoms with Crippen LogP contribution >= 0.6 is 11.6 Å². The molecule has 1 aromatic heterocycles. The van der Waals surface area contributed by atoms with Crippen molar-refractivity contribution in [2.75, 3.05) is 6.54 Å². The monoisotopic (exact) mass is 333 g/mol. The van der Waals surface area contributed by atoms with Crippen molar-refractivity contribution in [3.63, 3.8) is 0 Å². The second kappa shape index (κ2) is 6.72. The zero-order valence-corrected chi connectivity index (χ0v) is 13.8. The van der Waals surface area contributed by atoms with E-state index in [1.807, 2.05) is 17.0 Å². The third-order valence-electron chi connectivity index (χ3n) is 4.13. The van der Waals surface area contributed by atoms with E-state index in [2.05, 4.69) is 5.10 Å². The average Bonchev–Trinajstić information content (AvgIpc) is 3.15. The van der Waals surface area contributed by atoms with Gasteiger partial charge in [-0.05, 0) is 50.5 Å². The van der Waals surface area contributed by atoms with Crippen molar-refractivity contribution in [2.45, 2.75) is 38.3 Å². The molecule has 6 heteroatoms. The van der Waals surface area contributed by atoms with Gasteiger partial charge in [-0.2, -0.15) is 5.10 Å². The predicted octanol–water partition coefficient (Wildman–Crippen LogP) is 2.90. The molecule has 1 saturated heterocycles. The Balaban J connectivity index is 1.78. The number of rotatable bonds is 4. The van der Waals surface area contributed by atoms with Gasteiger partial charge < -0.3 is 10.0 Å². The summed E-state index contributed by atoms with van der Waals surface area (Å²) in [6.45, 7) is 2.48. The molecule has 0 radical (unpaired) electrons. The van der Waals surface area contributed by atoms with Crippen molar-refractivity contribution < 1.29 is 9.90 Å². The van der Waals surface area contributed by atoms with Crippen molar-refractivity contribution >= 4 is 17.5 Å². The van der Waals surface area contributed by atoms with Gasteiger partial charge in [0.05, 0.1) is 11.8 Å². The van der Waals surface area contributed by atoms with E-state index < -0.39 is 6.10 Å². The van der Waals surface area contributed by atoms with Crippen LogP contribution in [-0.4, -0.2) is 44.4 Å². The SMILES string of the molecule is CC(O)CC1CCCN1C(=O)c1ccn(-c2cccc(Cl)c2)n1. The normalized spacial score (nSPS) is 19.1. The number of nitrogens with zero attached hydrogens (tertiary/aromatic N) is 3. The fraction of sp³-hybridized carbons (Fsp3) is 0.412. The zero-order chi connectivity index (χ0) is 16.4. The first kappa shape index (κ1) is 16.0. The molecule has 1 amide bonds. The molecule has 0 bridgehead atoms. The van der Waals surface area contributed by atoms with Gasteiger partial charge in [-0.15, -0.1) is 0 Å². The van der Waals surface area contributed by atoms with E-state index >= 15 is 0 Å². The minimum atomic E-state index is -0.405. The number of aromatic nitrogens is 2. The standard InChI is InChI=1S/C17H20ClN3O2/c1-12(22)10-14-6-3-8-20(14)17(23)16-7-9-21(19-16)15-5-2-4-13(18)11-15/h2,4-5,7,9,11-12,14,22H,3,6,8,10H2,1H3. The molecule has 2 heterocycles. The van der Waals surface area contributed by atoms with Crippen LogP contribution in [0.1, 0.15) is 36.7 Å². The zero-order valence-electron chi connectivity index (χ0n) is 13.0. The number of amides is 1. The van der Waals surface area contributed by atoms with Crippen molar-refractivity contribution in [1.82, 2.24) is 14.7 Å². The van der Waals surface area contributed by atoms with E-state index in [0.29, 0.717) is 17.1 Å². The van der Waals surface area contributed by atoms with E-state index in [0.717, 1.165) is 25.1 Å². The average molecular weight is 334 g/mol. The van der Waals surface area contributed by atoms with Gasteiger partial charge in [-0.1, -0.05) is 17.7 Å². The molecule has 1 aliphatic heterocycles. The molecule has 1 aliphatic rings. The summed E-state index contributed by atoms with van der Waals surface area (Å²) in [5.41, 5.74) is 1.24. The maximum absolute atomic E-state index is 12.7. The van der Waals surface area contributed by atoms with Crippen molar-refractivity contribution in [2.24, 2.45) is 0 Å². The molecule has 0 aliphatic carbocycles. The molecule has 1 N–H and O–H groups in total. The molecule has 122 valence electrons. The van der Waals surface area contributed by atoms with E-state index in [1.54, 1.807) is 36.0 Å². The molecule has 1 fully saturated rings. The number of aliphatic hydroxyl groups excluding tert-OH is 1. The van der Waals surface area contributed by atoms with Crippen LogP contribution in [0.5, 0.6) is 0 Å². The van der Waals surface area contributed by atoms with Gasteiger partial charge in [0.2, 0.25) is 0 Å². The topological polar surface area (TPSA) is 58.4 Å². The van der Waals surface area contributed by atoms with Crippen LogP contribution in [0.25, 0.3) is 5.69 Å². The van der Waals surface area contributed by atoms with Crippen molar-refractivity contribution in [3.05, 3.63) is 47.2 Å². The Bertz CT molecular complexity index is 699. The molecule has 2 unspecified atom stereocenters. The van der Waals surface area contributed by atoms with Crippen LogP contribution in [0.3, 0.4) is 0 Å². The summed E-state index contributed by atoms with van der Waals surface area (Å²) in [6.07, 6.45) is 3.88. The highest BCUT2D eigenvalue weighted by atomic mass is 35.5. The van der Waals surface area contributed by atoms with Crippen LogP contribution in [0.2, 0.25) is 5.02 Å². The minimum absolute atomic E-state index is 0.0751. The Hall–Kier alpha value is -1.85. The second-order valence-corrected chi connectivity index (χ2v) is 6.44. The Labute approximate surface area is 140 Å². The van der Waals surface area contributed by atoms with E-state index in [-0.39, 0.29) is 11.9 Å². The van der Waals surface area contributed by atoms with Crippen LogP contribution in [-0.2, 0) is 0 Å². The van der Waals surface area contributed by atoms with Gasteiger partial charge >= 0.3 is 0 Å². The maximum atomic E-state index is 12.7. The summed E-state index contributed by atoms with van der Waals surface area (Å²) in [6, 6.07) is 9.15. The largest absolute Gasteiger partial charge is 0.393 e. The number of carbonyl (C=O) groups is 1. The number of hydrogen-bond acceptors (Lipinski definition) is 3. The van der Waals surface area contributed by atoms with Gasteiger partial charge in [0.15, 0.2) is 5.69 Å². The molecule has 23 heavy (non-hydrogen) atoms. The molecule has 3 rings (SSSR count). The maximum Gasteiger partial charge on any atom is 0.274 e. The number of likely N-dealkylation sites (tertiary alicyclic amines) is 1. The summed E-state index contributed by atoms with van der Waals surface area (Å²) in [5.74, 6) is -0.0751. The van der Waals surface area contributed by atoms with Gasteiger partial charge in [-0.25, -0.2) is 4.68 Å². The predicted molar refractivity (Wildman–Crippen MR) is 88.9 cm³/mol. The number of halogens is 1. The number of benzene rings is 1. The highest BCUT2D eigenvalue weighted by Gasteiger charge is 2.31. The highest BCUT2D eigenvalue weighted by Crippen LogP contribution is 2.23. The summed E-state index contributed by atoms with van der Waals surface area (Å²) >= 11 is 6.00. The summed E-state index contributed by atoms with van der Waals surface area (Å²) in [7, 11) is 0. The van der Waals surface area contributed by atoms with Gasteiger partial charge in [0.25, 0.3) is 5.91 Å². The van der Waals surface area contributed by atoms with Crippen LogP contribution in [0.15, 0.2) is 36.5 Å². The lowest BCUT2D eigenvalue weighted by Crippen LogP contribution is -2.37. The van der Waals surface area contributed by atoms with Crippen molar-refractivity contribution in [3.8, 4) is 5.69 Å². The molecule has 2 aromatic rings.